The SMILES string of the molecule is CCCN[C@@H]1CCc2ccc(OC)cc2C1. The lowest BCUT2D eigenvalue weighted by Crippen LogP contribution is -2.34. The van der Waals surface area contributed by atoms with Crippen molar-refractivity contribution in [3.63, 3.8) is 0 Å². The molecule has 2 nitrogen and oxygen atoms in total. The van der Waals surface area contributed by atoms with Gasteiger partial charge in [-0.25, -0.2) is 0 Å². The van der Waals surface area contributed by atoms with Gasteiger partial charge in [-0.1, -0.05) is 13.0 Å². The van der Waals surface area contributed by atoms with Crippen LogP contribution in [0.5, 0.6) is 5.75 Å². The highest BCUT2D eigenvalue weighted by molar-refractivity contribution is 5.37. The maximum absolute atomic E-state index is 5.28. The summed E-state index contributed by atoms with van der Waals surface area (Å²) in [7, 11) is 1.73. The Labute approximate surface area is 98.0 Å². The molecule has 2 heteroatoms. The van der Waals surface area contributed by atoms with Gasteiger partial charge in [-0.15, -0.1) is 0 Å². The first-order valence-electron chi connectivity index (χ1n) is 6.22. The summed E-state index contributed by atoms with van der Waals surface area (Å²) in [5.74, 6) is 0.981. The number of benzene rings is 1. The molecule has 88 valence electrons. The molecule has 2 rings (SSSR count). The Morgan fingerprint density at radius 1 is 1.38 bits per heavy atom. The summed E-state index contributed by atoms with van der Waals surface area (Å²) >= 11 is 0. The maximum Gasteiger partial charge on any atom is 0.119 e. The third kappa shape index (κ3) is 2.56. The van der Waals surface area contributed by atoms with Crippen LogP contribution in [0.2, 0.25) is 0 Å². The predicted molar refractivity (Wildman–Crippen MR) is 67.1 cm³/mol. The van der Waals surface area contributed by atoms with Crippen LogP contribution in [0.1, 0.15) is 30.9 Å². The molecule has 1 aliphatic rings. The van der Waals surface area contributed by atoms with Gasteiger partial charge in [0.2, 0.25) is 0 Å². The van der Waals surface area contributed by atoms with E-state index in [1.807, 2.05) is 0 Å². The van der Waals surface area contributed by atoms with E-state index in [-0.39, 0.29) is 0 Å². The Morgan fingerprint density at radius 2 is 2.25 bits per heavy atom. The van der Waals surface area contributed by atoms with E-state index in [1.54, 1.807) is 7.11 Å². The van der Waals surface area contributed by atoms with Crippen LogP contribution in [0, 0.1) is 0 Å². The standard InChI is InChI=1S/C14H21NO/c1-3-8-15-13-6-4-11-5-7-14(16-2)10-12(11)9-13/h5,7,10,13,15H,3-4,6,8-9H2,1-2H3/t13-/m1/s1. The minimum Gasteiger partial charge on any atom is -0.497 e. The van der Waals surface area contributed by atoms with Gasteiger partial charge in [0.05, 0.1) is 7.11 Å². The van der Waals surface area contributed by atoms with Crippen LogP contribution < -0.4 is 10.1 Å². The number of rotatable bonds is 4. The van der Waals surface area contributed by atoms with Crippen molar-refractivity contribution < 1.29 is 4.74 Å². The van der Waals surface area contributed by atoms with Crippen molar-refractivity contribution in [3.8, 4) is 5.75 Å². The number of aryl methyl sites for hydroxylation is 1. The van der Waals surface area contributed by atoms with Gasteiger partial charge >= 0.3 is 0 Å². The summed E-state index contributed by atoms with van der Waals surface area (Å²) in [6.45, 7) is 3.34. The second-order valence-corrected chi connectivity index (χ2v) is 4.53. The quantitative estimate of drug-likeness (QED) is 0.840. The van der Waals surface area contributed by atoms with E-state index in [1.165, 1.54) is 30.4 Å². The second kappa shape index (κ2) is 5.35. The lowest BCUT2D eigenvalue weighted by molar-refractivity contribution is 0.411. The van der Waals surface area contributed by atoms with Crippen molar-refractivity contribution in [1.82, 2.24) is 5.32 Å². The fourth-order valence-corrected chi connectivity index (χ4v) is 2.38. The molecule has 0 spiro atoms. The van der Waals surface area contributed by atoms with E-state index < -0.39 is 0 Å². The van der Waals surface area contributed by atoms with E-state index in [2.05, 4.69) is 30.4 Å². The highest BCUT2D eigenvalue weighted by Gasteiger charge is 2.18. The van der Waals surface area contributed by atoms with Crippen LogP contribution in [0.15, 0.2) is 18.2 Å². The van der Waals surface area contributed by atoms with Gasteiger partial charge < -0.3 is 10.1 Å². The van der Waals surface area contributed by atoms with Crippen LogP contribution in [0.3, 0.4) is 0 Å². The highest BCUT2D eigenvalue weighted by atomic mass is 16.5. The van der Waals surface area contributed by atoms with Crippen LogP contribution in [0.25, 0.3) is 0 Å². The fraction of sp³-hybridized carbons (Fsp3) is 0.571. The van der Waals surface area contributed by atoms with Gasteiger partial charge in [-0.05, 0) is 55.5 Å². The molecule has 0 fully saturated rings. The summed E-state index contributed by atoms with van der Waals surface area (Å²) in [6, 6.07) is 7.12. The Bertz CT molecular complexity index is 349. The van der Waals surface area contributed by atoms with Crippen LogP contribution in [0.4, 0.5) is 0 Å². The Morgan fingerprint density at radius 3 is 3.00 bits per heavy atom. The topological polar surface area (TPSA) is 21.3 Å². The molecule has 1 atom stereocenters. The van der Waals surface area contributed by atoms with Crippen molar-refractivity contribution in [3.05, 3.63) is 29.3 Å². The molecule has 0 saturated heterocycles. The normalized spacial score (nSPS) is 19.2. The van der Waals surface area contributed by atoms with Gasteiger partial charge in [0.15, 0.2) is 0 Å². The number of hydrogen-bond donors (Lipinski definition) is 1. The van der Waals surface area contributed by atoms with Crippen LogP contribution >= 0.6 is 0 Å². The molecule has 0 aliphatic heterocycles. The molecule has 0 aromatic heterocycles. The Hall–Kier alpha value is -1.02. The molecule has 0 bridgehead atoms. The van der Waals surface area contributed by atoms with Gasteiger partial charge in [0, 0.05) is 6.04 Å². The first-order chi connectivity index (χ1) is 7.83. The minimum atomic E-state index is 0.652. The molecular weight excluding hydrogens is 198 g/mol. The molecule has 16 heavy (non-hydrogen) atoms. The summed E-state index contributed by atoms with van der Waals surface area (Å²) in [5, 5.41) is 3.61. The molecule has 1 aromatic rings. The summed E-state index contributed by atoms with van der Waals surface area (Å²) in [6.07, 6.45) is 4.81. The first kappa shape index (κ1) is 11.5. The van der Waals surface area contributed by atoms with E-state index in [9.17, 15) is 0 Å². The van der Waals surface area contributed by atoms with Crippen molar-refractivity contribution in [1.29, 1.82) is 0 Å². The summed E-state index contributed by atoms with van der Waals surface area (Å²) < 4.78 is 5.28. The Balaban J connectivity index is 2.06. The highest BCUT2D eigenvalue weighted by Crippen LogP contribution is 2.25. The number of fused-ring (bicyclic) bond motifs is 1. The summed E-state index contributed by atoms with van der Waals surface area (Å²) in [4.78, 5) is 0. The van der Waals surface area contributed by atoms with Gasteiger partial charge in [0.25, 0.3) is 0 Å². The zero-order chi connectivity index (χ0) is 11.4. The number of methoxy groups -OCH3 is 1. The number of nitrogens with one attached hydrogen (secondary N) is 1. The average molecular weight is 219 g/mol. The van der Waals surface area contributed by atoms with Crippen LogP contribution in [-0.2, 0) is 12.8 Å². The lowest BCUT2D eigenvalue weighted by atomic mass is 9.88. The van der Waals surface area contributed by atoms with E-state index >= 15 is 0 Å². The largest absolute Gasteiger partial charge is 0.497 e. The van der Waals surface area contributed by atoms with Crippen molar-refractivity contribution >= 4 is 0 Å². The lowest BCUT2D eigenvalue weighted by Gasteiger charge is -2.25. The third-order valence-corrected chi connectivity index (χ3v) is 3.32. The number of hydrogen-bond acceptors (Lipinski definition) is 2. The first-order valence-corrected chi connectivity index (χ1v) is 6.22. The van der Waals surface area contributed by atoms with Crippen molar-refractivity contribution in [2.24, 2.45) is 0 Å². The molecular formula is C14H21NO. The smallest absolute Gasteiger partial charge is 0.119 e. The predicted octanol–water partition coefficient (Wildman–Crippen LogP) is 2.55. The zero-order valence-corrected chi connectivity index (χ0v) is 10.3. The molecule has 1 N–H and O–H groups in total. The molecule has 0 unspecified atom stereocenters. The average Bonchev–Trinajstić information content (AvgIpc) is 2.35. The Kier molecular flexibility index (Phi) is 3.83. The number of ether oxygens (including phenoxy) is 1. The molecule has 0 radical (unpaired) electrons. The second-order valence-electron chi connectivity index (χ2n) is 4.53. The van der Waals surface area contributed by atoms with E-state index in [0.29, 0.717) is 6.04 Å². The van der Waals surface area contributed by atoms with Crippen molar-refractivity contribution in [2.45, 2.75) is 38.6 Å². The maximum atomic E-state index is 5.28. The molecule has 0 heterocycles. The van der Waals surface area contributed by atoms with Gasteiger partial charge in [-0.3, -0.25) is 0 Å². The molecule has 0 saturated carbocycles. The minimum absolute atomic E-state index is 0.652. The fourth-order valence-electron chi connectivity index (χ4n) is 2.38. The zero-order valence-electron chi connectivity index (χ0n) is 10.3. The summed E-state index contributed by atoms with van der Waals surface area (Å²) in [5.41, 5.74) is 2.95. The monoisotopic (exact) mass is 219 g/mol. The van der Waals surface area contributed by atoms with E-state index in [0.717, 1.165) is 18.7 Å². The van der Waals surface area contributed by atoms with Crippen molar-refractivity contribution in [2.75, 3.05) is 13.7 Å². The van der Waals surface area contributed by atoms with E-state index in [4.69, 9.17) is 4.74 Å². The van der Waals surface area contributed by atoms with Gasteiger partial charge in [-0.2, -0.15) is 0 Å². The van der Waals surface area contributed by atoms with Crippen LogP contribution in [-0.4, -0.2) is 19.7 Å². The third-order valence-electron chi connectivity index (χ3n) is 3.32. The molecule has 0 amide bonds. The van der Waals surface area contributed by atoms with Gasteiger partial charge in [0.1, 0.15) is 5.75 Å². The molecule has 1 aromatic carbocycles. The molecule has 1 aliphatic carbocycles.